The molecule has 131 heavy (non-hydrogen) atoms. The third-order valence-electron chi connectivity index (χ3n) is 21.9. The van der Waals surface area contributed by atoms with Gasteiger partial charge in [-0.3, -0.25) is 28.8 Å². The van der Waals surface area contributed by atoms with E-state index >= 15 is 4.39 Å². The number of esters is 1. The molecule has 8 atom stereocenters. The average molecular weight is 1840 g/mol. The summed E-state index contributed by atoms with van der Waals surface area (Å²) in [7, 11) is 1.62. The molecule has 0 radical (unpaired) electrons. The standard InChI is InChI=1S/C92H119FN8O30/c1-4-92(115)68-21-23-70-66(54-97-86(109)67(68)58-128-90(92)113)81-71(22-20-65-59(2)69(93)52-72(98-70)80(65)81)100-91(114)129-57-60-17-24-75(130-89-84(108)82(106)83(107)85(131-89)88(111)112)64(51-60)53-95-76(102)25-27-94-87(110)73(99-78(104)15-9-10-16-79(105)101-56-63-13-6-5-11-61(63)18-19-62-12-7-8-14-74(62)101)55-96-77(103)26-28-117-31-32-119-35-36-121-39-40-123-43-44-125-47-48-127-50-49-126-46-45-124-42-41-122-38-37-120-34-33-118-30-29-116-3/h5-8,11-14,17,21,23-24,51-52,71,73,82-85,89,106-108,115H,4,9-10,15-16,20,22,25-50,53-58H2,1-3H3,(H,94,110)(H,95,102)(H,96,103)(H,97,109)(H,99,104)(H,100,114)(H,111,112)/b23-21+/t71-,73-,82-,83-,84+,85-,89+,92-/m0/s1. The minimum atomic E-state index is -2.17. The van der Waals surface area contributed by atoms with E-state index < -0.39 is 115 Å². The van der Waals surface area contributed by atoms with E-state index in [1.165, 1.54) is 36.4 Å². The molecule has 5 aliphatic rings. The van der Waals surface area contributed by atoms with Crippen LogP contribution in [-0.4, -0.2) is 305 Å². The number of hydrogen-bond acceptors (Lipinski definition) is 30. The number of nitrogens with one attached hydrogen (secondary N) is 6. The van der Waals surface area contributed by atoms with Crippen molar-refractivity contribution < 1.29 is 149 Å². The Morgan fingerprint density at radius 2 is 1.24 bits per heavy atom. The number of carboxylic acids is 1. The minimum absolute atomic E-state index is 0.00752. The number of carbonyl (C=O) groups excluding carboxylic acids is 8. The monoisotopic (exact) mass is 1830 g/mol. The molecule has 5 aromatic rings. The van der Waals surface area contributed by atoms with Crippen molar-refractivity contribution in [1.82, 2.24) is 36.9 Å². The average Bonchev–Trinajstić information content (AvgIpc) is 1.23. The first-order valence-corrected chi connectivity index (χ1v) is 43.9. The molecule has 39 heteroatoms. The lowest BCUT2D eigenvalue weighted by Crippen LogP contribution is -2.61. The van der Waals surface area contributed by atoms with E-state index in [1.807, 2.05) is 48.5 Å². The van der Waals surface area contributed by atoms with E-state index in [2.05, 4.69) is 43.7 Å². The predicted octanol–water partition coefficient (Wildman–Crippen LogP) is 2.95. The van der Waals surface area contributed by atoms with Gasteiger partial charge in [0.2, 0.25) is 35.8 Å². The second-order valence-corrected chi connectivity index (χ2v) is 30.9. The van der Waals surface area contributed by atoms with Crippen molar-refractivity contribution in [3.63, 3.8) is 0 Å². The topological polar surface area (TPSA) is 491 Å². The number of unbranched alkanes of at least 4 members (excludes halogenated alkanes) is 1. The third-order valence-corrected chi connectivity index (χ3v) is 21.9. The Balaban J connectivity index is 0.674. The van der Waals surface area contributed by atoms with Crippen LogP contribution in [0, 0.1) is 24.6 Å². The Labute approximate surface area is 757 Å². The van der Waals surface area contributed by atoms with E-state index in [-0.39, 0.29) is 156 Å². The molecule has 0 saturated carbocycles. The van der Waals surface area contributed by atoms with Crippen LogP contribution in [0.2, 0.25) is 0 Å². The largest absolute Gasteiger partial charge is 0.479 e. The van der Waals surface area contributed by atoms with Crippen LogP contribution in [0.1, 0.15) is 120 Å². The zero-order valence-electron chi connectivity index (χ0n) is 73.9. The van der Waals surface area contributed by atoms with Crippen molar-refractivity contribution in [2.45, 2.75) is 146 Å². The SMILES string of the molecule is CC[C@@]1(O)C(=O)OCC2=C1/C=C/c1nc3cc(F)c(C)c4c3c(c1CNC2=O)[C@@H](NC(=O)OCc1ccc(O[C@@H]2O[C@H](C(=O)O)[C@@H](O)[C@H](O)[C@H]2O)c(CNC(=O)CCNC(=O)[C@H](CNC(=O)CCOCCOCCOCCOCCOCCOCCOCCOCCOCCOCCOCCOC)NC(=O)CCCCC(=O)N2Cc3ccccc3C#Cc3ccccc32)c1)CC4. The second kappa shape index (κ2) is 54.4. The van der Waals surface area contributed by atoms with Crippen molar-refractivity contribution in [3.8, 4) is 17.6 Å². The van der Waals surface area contributed by atoms with Gasteiger partial charge in [-0.1, -0.05) is 61.2 Å². The number of rotatable bonds is 57. The third kappa shape index (κ3) is 31.3. The number of methoxy groups -OCH3 is 1. The number of alkyl carbamates (subject to hydrolysis) is 1. The van der Waals surface area contributed by atoms with Gasteiger partial charge in [0, 0.05) is 98.3 Å². The molecule has 1 aromatic heterocycles. The normalized spacial score (nSPS) is 18.9. The Bertz CT molecular complexity index is 4780. The van der Waals surface area contributed by atoms with Crippen molar-refractivity contribution in [3.05, 3.63) is 152 Å². The van der Waals surface area contributed by atoms with Crippen LogP contribution in [0.4, 0.5) is 14.9 Å². The highest BCUT2D eigenvalue weighted by molar-refractivity contribution is 6.01. The summed E-state index contributed by atoms with van der Waals surface area (Å²) in [4.78, 5) is 128. The van der Waals surface area contributed by atoms with Gasteiger partial charge in [-0.25, -0.2) is 23.8 Å². The number of nitrogens with zero attached hydrogens (tertiary/aromatic N) is 2. The van der Waals surface area contributed by atoms with E-state index in [9.17, 15) is 68.7 Å². The summed E-state index contributed by atoms with van der Waals surface area (Å²) in [5.41, 5.74) is 3.67. The number of carboxylic acid groups (broad SMARTS) is 1. The summed E-state index contributed by atoms with van der Waals surface area (Å²) in [5, 5.41) is 70.5. The zero-order valence-corrected chi connectivity index (χ0v) is 73.9. The van der Waals surface area contributed by atoms with Crippen LogP contribution in [0.3, 0.4) is 0 Å². The number of benzene rings is 4. The van der Waals surface area contributed by atoms with Gasteiger partial charge in [0.1, 0.15) is 49.1 Å². The number of aliphatic hydroxyl groups excluding tert-OH is 3. The summed E-state index contributed by atoms with van der Waals surface area (Å²) >= 11 is 0. The van der Waals surface area contributed by atoms with Gasteiger partial charge in [-0.2, -0.15) is 0 Å². The van der Waals surface area contributed by atoms with Crippen molar-refractivity contribution in [2.75, 3.05) is 184 Å². The minimum Gasteiger partial charge on any atom is -0.479 e. The fraction of sp³-hybridized carbons (Fsp3) is 0.543. The molecule has 0 unspecified atom stereocenters. The molecule has 10 rings (SSSR count). The number of aliphatic hydroxyl groups is 4. The first-order valence-electron chi connectivity index (χ1n) is 43.9. The molecular formula is C92H119FN8O30. The van der Waals surface area contributed by atoms with Crippen LogP contribution in [-0.2, 0) is 142 Å². The zero-order chi connectivity index (χ0) is 93.3. The number of aromatic nitrogens is 1. The highest BCUT2D eigenvalue weighted by Gasteiger charge is 2.49. The molecule has 11 N–H and O–H groups in total. The predicted molar refractivity (Wildman–Crippen MR) is 465 cm³/mol. The molecular weight excluding hydrogens is 1720 g/mol. The van der Waals surface area contributed by atoms with Gasteiger partial charge < -0.3 is 138 Å². The smallest absolute Gasteiger partial charge is 0.407 e. The Kier molecular flexibility index (Phi) is 42.6. The summed E-state index contributed by atoms with van der Waals surface area (Å²) in [6, 6.07) is 18.2. The number of hydrogen-bond donors (Lipinski definition) is 11. The lowest BCUT2D eigenvalue weighted by Gasteiger charge is -2.38. The second-order valence-electron chi connectivity index (χ2n) is 30.9. The maximum absolute atomic E-state index is 15.7. The number of aliphatic carboxylic acids is 1. The molecule has 4 aromatic carbocycles. The fourth-order valence-electron chi connectivity index (χ4n) is 14.7. The number of halogens is 1. The summed E-state index contributed by atoms with van der Waals surface area (Å²) in [6.45, 7) is 10.2. The fourth-order valence-corrected chi connectivity index (χ4v) is 14.7. The molecule has 7 amide bonds. The quantitative estimate of drug-likeness (QED) is 0.0151. The van der Waals surface area contributed by atoms with E-state index in [1.54, 1.807) is 25.9 Å². The van der Waals surface area contributed by atoms with Gasteiger partial charge in [-0.05, 0) is 103 Å². The number of anilines is 1. The number of pyridine rings is 1. The molecule has 0 spiro atoms. The number of aryl methyl sites for hydroxylation is 1. The van der Waals surface area contributed by atoms with Crippen molar-refractivity contribution in [2.24, 2.45) is 0 Å². The summed E-state index contributed by atoms with van der Waals surface area (Å²) < 4.78 is 104. The molecule has 1 aliphatic carbocycles. The highest BCUT2D eigenvalue weighted by atomic mass is 19.1. The van der Waals surface area contributed by atoms with Gasteiger partial charge in [-0.15, -0.1) is 0 Å². The molecule has 4 aliphatic heterocycles. The lowest BCUT2D eigenvalue weighted by atomic mass is 9.81. The van der Waals surface area contributed by atoms with E-state index in [4.69, 9.17) is 80.8 Å². The van der Waals surface area contributed by atoms with Crippen LogP contribution >= 0.6 is 0 Å². The summed E-state index contributed by atoms with van der Waals surface area (Å²) in [6.07, 6.45) is -7.71. The molecule has 714 valence electrons. The lowest BCUT2D eigenvalue weighted by molar-refractivity contribution is -0.271. The maximum atomic E-state index is 15.7. The Morgan fingerprint density at radius 3 is 1.85 bits per heavy atom. The molecule has 0 bridgehead atoms. The number of carbonyl (C=O) groups is 9. The van der Waals surface area contributed by atoms with Crippen LogP contribution in [0.15, 0.2) is 90.0 Å². The van der Waals surface area contributed by atoms with Crippen LogP contribution < -0.4 is 41.5 Å². The number of cyclic esters (lactones) is 1. The van der Waals surface area contributed by atoms with Gasteiger partial charge >= 0.3 is 18.0 Å². The Morgan fingerprint density at radius 1 is 0.656 bits per heavy atom. The van der Waals surface area contributed by atoms with Crippen molar-refractivity contribution >= 4 is 76.1 Å². The molecule has 38 nitrogen and oxygen atoms in total. The number of para-hydroxylation sites is 1. The number of ether oxygens (including phenoxy) is 16. The first kappa shape index (κ1) is 103. The molecule has 5 heterocycles. The van der Waals surface area contributed by atoms with Crippen LogP contribution in [0.25, 0.3) is 17.0 Å². The summed E-state index contributed by atoms with van der Waals surface area (Å²) in [5.74, 6) is -0.261. The van der Waals surface area contributed by atoms with Crippen LogP contribution in [0.5, 0.6) is 5.75 Å². The molecule has 1 saturated heterocycles. The number of amides is 7. The highest BCUT2D eigenvalue weighted by Crippen LogP contribution is 2.42. The van der Waals surface area contributed by atoms with Gasteiger partial charge in [0.05, 0.1) is 187 Å². The molecule has 1 fully saturated rings. The maximum Gasteiger partial charge on any atom is 0.407 e. The van der Waals surface area contributed by atoms with Gasteiger partial charge in [0.15, 0.2) is 11.7 Å². The van der Waals surface area contributed by atoms with Gasteiger partial charge in [0.25, 0.3) is 5.91 Å². The van der Waals surface area contributed by atoms with E-state index in [0.29, 0.717) is 171 Å². The number of fused-ring (bicyclic) bond motifs is 4. The first-order chi connectivity index (χ1) is 63.6. The van der Waals surface area contributed by atoms with E-state index in [0.717, 1.165) is 11.1 Å². The van der Waals surface area contributed by atoms with Crippen molar-refractivity contribution in [1.29, 1.82) is 0 Å². The Hall–Kier alpha value is -10.6.